The van der Waals surface area contributed by atoms with Crippen molar-refractivity contribution in [3.63, 3.8) is 0 Å². The van der Waals surface area contributed by atoms with Gasteiger partial charge in [0.25, 0.3) is 0 Å². The van der Waals surface area contributed by atoms with Gasteiger partial charge in [-0.25, -0.2) is 0 Å². The number of hydrogen-bond acceptors (Lipinski definition) is 2. The maximum atomic E-state index is 12.2. The van der Waals surface area contributed by atoms with Gasteiger partial charge in [0.1, 0.15) is 5.60 Å². The fraction of sp³-hybridized carbons (Fsp3) is 0.933. The molecule has 0 N–H and O–H groups in total. The van der Waals surface area contributed by atoms with E-state index in [4.69, 9.17) is 4.74 Å². The average Bonchev–Trinajstić information content (AvgIpc) is 2.90. The molecular formula is C15H22O2. The van der Waals surface area contributed by atoms with E-state index in [9.17, 15) is 4.79 Å². The topological polar surface area (TPSA) is 26.3 Å². The molecule has 0 aromatic carbocycles. The number of esters is 1. The standard InChI is InChI=1S/C15H22O2/c1-3-15(4-2)13-11-9-6-5-8(7-9)10(11)12(13)14(16)17-15/h8-13H,3-7H2,1-2H3. The SMILES string of the molecule is CCC1(CC)OC(=O)C2C3C4CCC(C4)C3C21. The van der Waals surface area contributed by atoms with Crippen LogP contribution in [0, 0.1) is 35.5 Å². The Bertz CT molecular complexity index is 371. The lowest BCUT2D eigenvalue weighted by Crippen LogP contribution is -2.56. The molecule has 4 fully saturated rings. The molecule has 0 amide bonds. The fourth-order valence-electron chi connectivity index (χ4n) is 5.96. The van der Waals surface area contributed by atoms with Gasteiger partial charge in [0.15, 0.2) is 0 Å². The van der Waals surface area contributed by atoms with Crippen molar-refractivity contribution in [1.82, 2.24) is 0 Å². The number of hydrogen-bond donors (Lipinski definition) is 0. The second-order valence-corrected chi connectivity index (χ2v) is 6.73. The summed E-state index contributed by atoms with van der Waals surface area (Å²) in [6, 6.07) is 0. The Kier molecular flexibility index (Phi) is 1.88. The molecule has 0 spiro atoms. The number of carbonyl (C=O) groups is 1. The molecule has 17 heavy (non-hydrogen) atoms. The Morgan fingerprint density at radius 3 is 2.47 bits per heavy atom. The molecular weight excluding hydrogens is 212 g/mol. The van der Waals surface area contributed by atoms with Crippen molar-refractivity contribution < 1.29 is 9.53 Å². The molecule has 3 aliphatic carbocycles. The summed E-state index contributed by atoms with van der Waals surface area (Å²) >= 11 is 0. The van der Waals surface area contributed by atoms with Crippen molar-refractivity contribution in [2.75, 3.05) is 0 Å². The average molecular weight is 234 g/mol. The van der Waals surface area contributed by atoms with Crippen LogP contribution < -0.4 is 0 Å². The van der Waals surface area contributed by atoms with E-state index in [1.54, 1.807) is 0 Å². The summed E-state index contributed by atoms with van der Waals surface area (Å²) in [5.41, 5.74) is -0.0899. The highest BCUT2D eigenvalue weighted by Crippen LogP contribution is 2.71. The zero-order chi connectivity index (χ0) is 11.8. The highest BCUT2D eigenvalue weighted by atomic mass is 16.6. The summed E-state index contributed by atoms with van der Waals surface area (Å²) in [6.45, 7) is 4.39. The minimum atomic E-state index is -0.0899. The number of carbonyl (C=O) groups excluding carboxylic acids is 1. The molecule has 2 heteroatoms. The minimum Gasteiger partial charge on any atom is -0.459 e. The number of ether oxygens (including phenoxy) is 1. The zero-order valence-corrected chi connectivity index (χ0v) is 10.8. The minimum absolute atomic E-state index is 0.0899. The summed E-state index contributed by atoms with van der Waals surface area (Å²) < 4.78 is 5.86. The Balaban J connectivity index is 1.72. The van der Waals surface area contributed by atoms with Crippen LogP contribution in [0.4, 0.5) is 0 Å². The van der Waals surface area contributed by atoms with Crippen molar-refractivity contribution >= 4 is 5.97 Å². The van der Waals surface area contributed by atoms with Crippen LogP contribution in [0.25, 0.3) is 0 Å². The van der Waals surface area contributed by atoms with Crippen LogP contribution in [0.2, 0.25) is 0 Å². The van der Waals surface area contributed by atoms with E-state index in [1.807, 2.05) is 0 Å². The Labute approximate surface area is 103 Å². The van der Waals surface area contributed by atoms with Crippen LogP contribution in [-0.2, 0) is 9.53 Å². The van der Waals surface area contributed by atoms with Gasteiger partial charge in [-0.05, 0) is 55.8 Å². The van der Waals surface area contributed by atoms with Crippen molar-refractivity contribution in [2.24, 2.45) is 35.5 Å². The molecule has 2 bridgehead atoms. The van der Waals surface area contributed by atoms with Crippen LogP contribution in [0.15, 0.2) is 0 Å². The molecule has 2 nitrogen and oxygen atoms in total. The van der Waals surface area contributed by atoms with E-state index in [-0.39, 0.29) is 17.5 Å². The third-order valence-corrected chi connectivity index (χ3v) is 6.64. The molecule has 1 heterocycles. The maximum absolute atomic E-state index is 12.2. The quantitative estimate of drug-likeness (QED) is 0.686. The van der Waals surface area contributed by atoms with Gasteiger partial charge in [0, 0.05) is 5.92 Å². The van der Waals surface area contributed by atoms with Gasteiger partial charge < -0.3 is 4.74 Å². The van der Waals surface area contributed by atoms with Gasteiger partial charge in [-0.15, -0.1) is 0 Å². The first kappa shape index (κ1) is 10.4. The summed E-state index contributed by atoms with van der Waals surface area (Å²) in [4.78, 5) is 12.2. The van der Waals surface area contributed by atoms with Crippen LogP contribution in [0.3, 0.4) is 0 Å². The highest BCUT2D eigenvalue weighted by Gasteiger charge is 2.73. The van der Waals surface area contributed by atoms with Crippen molar-refractivity contribution in [1.29, 1.82) is 0 Å². The molecule has 3 saturated carbocycles. The maximum Gasteiger partial charge on any atom is 0.310 e. The van der Waals surface area contributed by atoms with Gasteiger partial charge in [-0.1, -0.05) is 13.8 Å². The zero-order valence-electron chi connectivity index (χ0n) is 10.8. The third-order valence-electron chi connectivity index (χ3n) is 6.64. The molecule has 0 radical (unpaired) electrons. The van der Waals surface area contributed by atoms with Crippen LogP contribution in [-0.4, -0.2) is 11.6 Å². The number of fused-ring (bicyclic) bond motifs is 8. The number of rotatable bonds is 2. The molecule has 4 aliphatic rings. The molecule has 6 atom stereocenters. The molecule has 1 aliphatic heterocycles. The molecule has 6 unspecified atom stereocenters. The first-order valence-corrected chi connectivity index (χ1v) is 7.44. The highest BCUT2D eigenvalue weighted by molar-refractivity contribution is 5.78. The Hall–Kier alpha value is -0.530. The fourth-order valence-corrected chi connectivity index (χ4v) is 5.96. The normalized spacial score (nSPS) is 52.9. The lowest BCUT2D eigenvalue weighted by molar-refractivity contribution is -0.151. The predicted molar refractivity (Wildman–Crippen MR) is 64.2 cm³/mol. The Morgan fingerprint density at radius 2 is 1.82 bits per heavy atom. The van der Waals surface area contributed by atoms with Gasteiger partial charge >= 0.3 is 5.97 Å². The monoisotopic (exact) mass is 234 g/mol. The van der Waals surface area contributed by atoms with Crippen LogP contribution in [0.5, 0.6) is 0 Å². The predicted octanol–water partition coefficient (Wildman–Crippen LogP) is 3.01. The first-order chi connectivity index (χ1) is 8.22. The third kappa shape index (κ3) is 0.982. The number of cyclic esters (lactones) is 1. The summed E-state index contributed by atoms with van der Waals surface area (Å²) in [5, 5.41) is 0. The van der Waals surface area contributed by atoms with Crippen molar-refractivity contribution in [3.8, 4) is 0 Å². The van der Waals surface area contributed by atoms with Gasteiger partial charge in [-0.2, -0.15) is 0 Å². The van der Waals surface area contributed by atoms with Crippen LogP contribution in [0.1, 0.15) is 46.0 Å². The summed E-state index contributed by atoms with van der Waals surface area (Å²) in [5.74, 6) is 4.35. The van der Waals surface area contributed by atoms with Gasteiger partial charge in [0.2, 0.25) is 0 Å². The van der Waals surface area contributed by atoms with E-state index >= 15 is 0 Å². The van der Waals surface area contributed by atoms with E-state index in [0.29, 0.717) is 11.8 Å². The molecule has 94 valence electrons. The summed E-state index contributed by atoms with van der Waals surface area (Å²) in [6.07, 6.45) is 6.24. The van der Waals surface area contributed by atoms with Gasteiger partial charge in [-0.3, -0.25) is 4.79 Å². The molecule has 4 rings (SSSR count). The van der Waals surface area contributed by atoms with Crippen molar-refractivity contribution in [2.45, 2.75) is 51.6 Å². The van der Waals surface area contributed by atoms with E-state index in [0.717, 1.165) is 30.6 Å². The van der Waals surface area contributed by atoms with Crippen molar-refractivity contribution in [3.05, 3.63) is 0 Å². The second-order valence-electron chi connectivity index (χ2n) is 6.73. The Morgan fingerprint density at radius 1 is 1.18 bits per heavy atom. The smallest absolute Gasteiger partial charge is 0.310 e. The lowest BCUT2D eigenvalue weighted by atomic mass is 9.48. The van der Waals surface area contributed by atoms with Crippen LogP contribution >= 0.6 is 0 Å². The van der Waals surface area contributed by atoms with E-state index in [1.165, 1.54) is 19.3 Å². The van der Waals surface area contributed by atoms with Gasteiger partial charge in [0.05, 0.1) is 5.92 Å². The molecule has 1 saturated heterocycles. The largest absolute Gasteiger partial charge is 0.459 e. The molecule has 0 aromatic rings. The van der Waals surface area contributed by atoms with E-state index in [2.05, 4.69) is 13.8 Å². The molecule has 0 aromatic heterocycles. The first-order valence-electron chi connectivity index (χ1n) is 7.44. The van der Waals surface area contributed by atoms with E-state index < -0.39 is 0 Å². The second kappa shape index (κ2) is 3.07. The lowest BCUT2D eigenvalue weighted by Gasteiger charge is -2.53. The summed E-state index contributed by atoms with van der Waals surface area (Å²) in [7, 11) is 0.